The molecule has 0 radical (unpaired) electrons. The quantitative estimate of drug-likeness (QED) is 0.704. The van der Waals surface area contributed by atoms with Crippen molar-refractivity contribution in [3.8, 4) is 0 Å². The third-order valence-electron chi connectivity index (χ3n) is 3.33. The Labute approximate surface area is 146 Å². The number of ether oxygens (including phenoxy) is 1. The van der Waals surface area contributed by atoms with Crippen LogP contribution in [-0.2, 0) is 20.7 Å². The number of aromatic nitrogens is 1. The van der Waals surface area contributed by atoms with E-state index in [0.29, 0.717) is 22.4 Å². The van der Waals surface area contributed by atoms with Gasteiger partial charge in [0.1, 0.15) is 11.5 Å². The first-order valence-corrected chi connectivity index (χ1v) is 7.64. The Balaban J connectivity index is 1.53. The van der Waals surface area contributed by atoms with Gasteiger partial charge < -0.3 is 14.6 Å². The van der Waals surface area contributed by atoms with Gasteiger partial charge in [0.2, 0.25) is 0 Å². The number of benzene rings is 2. The highest BCUT2D eigenvalue weighted by Crippen LogP contribution is 2.20. The van der Waals surface area contributed by atoms with E-state index in [2.05, 4.69) is 10.5 Å². The number of nitrogens with one attached hydrogen (secondary N) is 1. The predicted octanol–water partition coefficient (Wildman–Crippen LogP) is 3.34. The summed E-state index contributed by atoms with van der Waals surface area (Å²) in [5, 5.41) is 6.87. The van der Waals surface area contributed by atoms with Gasteiger partial charge in [-0.05, 0) is 30.3 Å². The lowest BCUT2D eigenvalue weighted by Gasteiger charge is -2.06. The van der Waals surface area contributed by atoms with Gasteiger partial charge >= 0.3 is 5.97 Å². The standard InChI is InChI=1S/C17H12ClFN2O4/c18-12-7-10(5-6-13(12)19)20-16(22)9-24-17(23)8-14-11-3-1-2-4-15(11)25-21-14/h1-7H,8-9H2,(H,20,22). The SMILES string of the molecule is O=C(COC(=O)Cc1noc2ccccc12)Nc1ccc(F)c(Cl)c1. The summed E-state index contributed by atoms with van der Waals surface area (Å²) in [6.45, 7) is -0.483. The maximum absolute atomic E-state index is 13.1. The molecule has 0 fully saturated rings. The van der Waals surface area contributed by atoms with E-state index in [-0.39, 0.29) is 11.4 Å². The van der Waals surface area contributed by atoms with Crippen LogP contribution in [0.25, 0.3) is 11.0 Å². The molecule has 3 aromatic rings. The summed E-state index contributed by atoms with van der Waals surface area (Å²) >= 11 is 5.62. The number of para-hydroxylation sites is 1. The van der Waals surface area contributed by atoms with Crippen molar-refractivity contribution < 1.29 is 23.2 Å². The second-order valence-corrected chi connectivity index (χ2v) is 5.55. The highest BCUT2D eigenvalue weighted by Gasteiger charge is 2.14. The molecule has 2 aromatic carbocycles. The van der Waals surface area contributed by atoms with Crippen LogP contribution in [0, 0.1) is 5.82 Å². The van der Waals surface area contributed by atoms with E-state index in [1.54, 1.807) is 24.3 Å². The normalized spacial score (nSPS) is 10.6. The maximum Gasteiger partial charge on any atom is 0.312 e. The highest BCUT2D eigenvalue weighted by atomic mass is 35.5. The van der Waals surface area contributed by atoms with Gasteiger partial charge in [-0.1, -0.05) is 28.9 Å². The molecule has 6 nitrogen and oxygen atoms in total. The van der Waals surface area contributed by atoms with Gasteiger partial charge in [0.25, 0.3) is 5.91 Å². The molecule has 1 heterocycles. The Morgan fingerprint density at radius 2 is 2.04 bits per heavy atom. The fourth-order valence-electron chi connectivity index (χ4n) is 2.17. The van der Waals surface area contributed by atoms with Gasteiger partial charge in [0.15, 0.2) is 12.2 Å². The number of amides is 1. The van der Waals surface area contributed by atoms with Gasteiger partial charge in [0.05, 0.1) is 11.4 Å². The fourth-order valence-corrected chi connectivity index (χ4v) is 2.35. The van der Waals surface area contributed by atoms with Crippen molar-refractivity contribution in [3.05, 3.63) is 59.0 Å². The number of rotatable bonds is 5. The molecule has 0 bridgehead atoms. The number of carbonyl (C=O) groups is 2. The molecule has 0 aliphatic carbocycles. The second-order valence-electron chi connectivity index (χ2n) is 5.14. The average molecular weight is 363 g/mol. The molecule has 0 spiro atoms. The van der Waals surface area contributed by atoms with Crippen molar-refractivity contribution in [2.75, 3.05) is 11.9 Å². The Morgan fingerprint density at radius 3 is 2.84 bits per heavy atom. The lowest BCUT2D eigenvalue weighted by Crippen LogP contribution is -2.21. The van der Waals surface area contributed by atoms with Gasteiger partial charge in [-0.25, -0.2) is 4.39 Å². The molecule has 0 saturated carbocycles. The number of carbonyl (C=O) groups excluding carboxylic acids is 2. The zero-order chi connectivity index (χ0) is 17.8. The Bertz CT molecular complexity index is 941. The molecule has 8 heteroatoms. The summed E-state index contributed by atoms with van der Waals surface area (Å²) in [6.07, 6.45) is -0.118. The number of halogens is 2. The van der Waals surface area contributed by atoms with Crippen molar-refractivity contribution in [1.29, 1.82) is 0 Å². The molecular formula is C17H12ClFN2O4. The molecular weight excluding hydrogens is 351 g/mol. The van der Waals surface area contributed by atoms with Crippen molar-refractivity contribution in [2.24, 2.45) is 0 Å². The molecule has 1 N–H and O–H groups in total. The van der Waals surface area contributed by atoms with Gasteiger partial charge in [-0.15, -0.1) is 0 Å². The largest absolute Gasteiger partial charge is 0.455 e. The molecule has 3 rings (SSSR count). The lowest BCUT2D eigenvalue weighted by atomic mass is 10.2. The summed E-state index contributed by atoms with van der Waals surface area (Å²) in [5.41, 5.74) is 1.30. The lowest BCUT2D eigenvalue weighted by molar-refractivity contribution is -0.146. The van der Waals surface area contributed by atoms with Crippen LogP contribution in [0.15, 0.2) is 47.0 Å². The van der Waals surface area contributed by atoms with Crippen molar-refractivity contribution in [2.45, 2.75) is 6.42 Å². The number of fused-ring (bicyclic) bond motifs is 1. The predicted molar refractivity (Wildman–Crippen MR) is 88.7 cm³/mol. The molecule has 0 aliphatic heterocycles. The van der Waals surface area contributed by atoms with Crippen LogP contribution >= 0.6 is 11.6 Å². The number of hydrogen-bond donors (Lipinski definition) is 1. The van der Waals surface area contributed by atoms with Crippen LogP contribution in [0.5, 0.6) is 0 Å². The first-order valence-electron chi connectivity index (χ1n) is 7.27. The molecule has 0 aliphatic rings. The van der Waals surface area contributed by atoms with E-state index in [1.807, 2.05) is 0 Å². The molecule has 128 valence electrons. The molecule has 1 amide bonds. The summed E-state index contributed by atoms with van der Waals surface area (Å²) in [4.78, 5) is 23.6. The van der Waals surface area contributed by atoms with E-state index < -0.39 is 24.3 Å². The summed E-state index contributed by atoms with van der Waals surface area (Å²) in [7, 11) is 0. The summed E-state index contributed by atoms with van der Waals surface area (Å²) in [6, 6.07) is 10.8. The molecule has 0 unspecified atom stereocenters. The number of esters is 1. The van der Waals surface area contributed by atoms with Crippen molar-refractivity contribution in [1.82, 2.24) is 5.16 Å². The zero-order valence-electron chi connectivity index (χ0n) is 12.8. The minimum Gasteiger partial charge on any atom is -0.455 e. The summed E-state index contributed by atoms with van der Waals surface area (Å²) in [5.74, 6) is -1.78. The molecule has 1 aromatic heterocycles. The summed E-state index contributed by atoms with van der Waals surface area (Å²) < 4.78 is 23.1. The monoisotopic (exact) mass is 362 g/mol. The van der Waals surface area contributed by atoms with E-state index in [0.717, 1.165) is 6.07 Å². The molecule has 25 heavy (non-hydrogen) atoms. The number of hydrogen-bond acceptors (Lipinski definition) is 5. The second kappa shape index (κ2) is 7.31. The minimum absolute atomic E-state index is 0.118. The van der Waals surface area contributed by atoms with Crippen molar-refractivity contribution in [3.63, 3.8) is 0 Å². The van der Waals surface area contributed by atoms with Crippen LogP contribution < -0.4 is 5.32 Å². The first-order chi connectivity index (χ1) is 12.0. The van der Waals surface area contributed by atoms with E-state index in [4.69, 9.17) is 20.9 Å². The van der Waals surface area contributed by atoms with Gasteiger partial charge in [-0.3, -0.25) is 9.59 Å². The first kappa shape index (κ1) is 16.9. The Kier molecular flexibility index (Phi) is 4.95. The fraction of sp³-hybridized carbons (Fsp3) is 0.118. The molecule has 0 atom stereocenters. The van der Waals surface area contributed by atoms with E-state index in [1.165, 1.54) is 12.1 Å². The topological polar surface area (TPSA) is 81.4 Å². The van der Waals surface area contributed by atoms with E-state index >= 15 is 0 Å². The Morgan fingerprint density at radius 1 is 1.24 bits per heavy atom. The Hall–Kier alpha value is -2.93. The third kappa shape index (κ3) is 4.13. The van der Waals surface area contributed by atoms with Crippen LogP contribution in [0.1, 0.15) is 5.69 Å². The highest BCUT2D eigenvalue weighted by molar-refractivity contribution is 6.31. The number of nitrogens with zero attached hydrogens (tertiary/aromatic N) is 1. The van der Waals surface area contributed by atoms with Crippen LogP contribution in [0.2, 0.25) is 5.02 Å². The zero-order valence-corrected chi connectivity index (χ0v) is 13.5. The van der Waals surface area contributed by atoms with Crippen LogP contribution in [-0.4, -0.2) is 23.6 Å². The van der Waals surface area contributed by atoms with Crippen LogP contribution in [0.4, 0.5) is 10.1 Å². The third-order valence-corrected chi connectivity index (χ3v) is 3.62. The molecule has 0 saturated heterocycles. The van der Waals surface area contributed by atoms with Gasteiger partial charge in [0, 0.05) is 11.1 Å². The maximum atomic E-state index is 13.1. The number of anilines is 1. The van der Waals surface area contributed by atoms with E-state index in [9.17, 15) is 14.0 Å². The minimum atomic E-state index is -0.619. The smallest absolute Gasteiger partial charge is 0.312 e. The average Bonchev–Trinajstić information content (AvgIpc) is 2.99. The van der Waals surface area contributed by atoms with Crippen molar-refractivity contribution >= 4 is 40.1 Å². The van der Waals surface area contributed by atoms with Crippen LogP contribution in [0.3, 0.4) is 0 Å². The van der Waals surface area contributed by atoms with Gasteiger partial charge in [-0.2, -0.15) is 0 Å².